The number of hydrogen-bond donors (Lipinski definition) is 0. The zero-order chi connectivity index (χ0) is 13.5. The fourth-order valence-corrected chi connectivity index (χ4v) is 2.36. The molecule has 0 amide bonds. The van der Waals surface area contributed by atoms with E-state index in [0.717, 1.165) is 10.9 Å². The second kappa shape index (κ2) is 7.30. The van der Waals surface area contributed by atoms with Crippen molar-refractivity contribution < 1.29 is 0 Å². The molecule has 0 aromatic heterocycles. The first kappa shape index (κ1) is 14.1. The summed E-state index contributed by atoms with van der Waals surface area (Å²) in [6.07, 6.45) is 5.98. The lowest BCUT2D eigenvalue weighted by molar-refractivity contribution is 0.815. The number of halogens is 1. The summed E-state index contributed by atoms with van der Waals surface area (Å²) >= 11 is 3.50. The van der Waals surface area contributed by atoms with Crippen molar-refractivity contribution in [1.29, 1.82) is 0 Å². The second-order valence-electron chi connectivity index (χ2n) is 4.63. The van der Waals surface area contributed by atoms with Gasteiger partial charge in [-0.1, -0.05) is 84.2 Å². The molecule has 0 saturated heterocycles. The van der Waals surface area contributed by atoms with Crippen LogP contribution in [0.4, 0.5) is 0 Å². The molecule has 0 bridgehead atoms. The Labute approximate surface area is 124 Å². The van der Waals surface area contributed by atoms with Crippen LogP contribution in [0.15, 0.2) is 65.1 Å². The molecule has 19 heavy (non-hydrogen) atoms. The summed E-state index contributed by atoms with van der Waals surface area (Å²) in [4.78, 5) is 0. The number of hydrogen-bond acceptors (Lipinski definition) is 0. The van der Waals surface area contributed by atoms with Crippen LogP contribution in [0.3, 0.4) is 0 Å². The largest absolute Gasteiger partial charge is 0.0761 e. The van der Waals surface area contributed by atoms with Crippen LogP contribution in [-0.4, -0.2) is 0 Å². The van der Waals surface area contributed by atoms with Crippen LogP contribution in [-0.2, 0) is 0 Å². The number of benzene rings is 2. The van der Waals surface area contributed by atoms with E-state index in [4.69, 9.17) is 0 Å². The van der Waals surface area contributed by atoms with Gasteiger partial charge < -0.3 is 0 Å². The molecule has 0 N–H and O–H groups in total. The monoisotopic (exact) mass is 314 g/mol. The van der Waals surface area contributed by atoms with E-state index in [9.17, 15) is 0 Å². The van der Waals surface area contributed by atoms with Crippen molar-refractivity contribution in [3.8, 4) is 0 Å². The van der Waals surface area contributed by atoms with Crippen LogP contribution in [0, 0.1) is 0 Å². The number of rotatable bonds is 5. The van der Waals surface area contributed by atoms with Gasteiger partial charge in [-0.15, -0.1) is 0 Å². The van der Waals surface area contributed by atoms with E-state index in [1.54, 1.807) is 0 Å². The summed E-state index contributed by atoms with van der Waals surface area (Å²) in [5.74, 6) is 0. The van der Waals surface area contributed by atoms with Crippen molar-refractivity contribution >= 4 is 21.5 Å². The van der Waals surface area contributed by atoms with Gasteiger partial charge in [0.2, 0.25) is 0 Å². The van der Waals surface area contributed by atoms with Gasteiger partial charge in [0.1, 0.15) is 0 Å². The quantitative estimate of drug-likeness (QED) is 0.587. The molecule has 0 heterocycles. The molecule has 0 aliphatic heterocycles. The van der Waals surface area contributed by atoms with E-state index in [-0.39, 0.29) is 0 Å². The maximum absolute atomic E-state index is 3.50. The molecule has 1 heteroatoms. The van der Waals surface area contributed by atoms with Crippen molar-refractivity contribution in [2.75, 3.05) is 0 Å². The van der Waals surface area contributed by atoms with E-state index in [1.807, 2.05) is 0 Å². The van der Waals surface area contributed by atoms with Crippen molar-refractivity contribution in [2.45, 2.75) is 26.2 Å². The van der Waals surface area contributed by atoms with Crippen molar-refractivity contribution in [3.63, 3.8) is 0 Å². The minimum Gasteiger partial charge on any atom is -0.0761 e. The van der Waals surface area contributed by atoms with E-state index in [1.165, 1.54) is 29.5 Å². The standard InChI is InChI=1S/C18H19Br/c1-2-3-5-10-18(15-8-6-4-7-9-15)16-11-13-17(19)14-12-16/h4,6-14H,2-3,5H2,1H3/b18-10-. The van der Waals surface area contributed by atoms with Crippen molar-refractivity contribution in [2.24, 2.45) is 0 Å². The van der Waals surface area contributed by atoms with E-state index in [0.29, 0.717) is 0 Å². The maximum Gasteiger partial charge on any atom is 0.0175 e. The maximum atomic E-state index is 3.50. The normalized spacial score (nSPS) is 11.6. The first-order valence-corrected chi connectivity index (χ1v) is 7.62. The van der Waals surface area contributed by atoms with Crippen molar-refractivity contribution in [3.05, 3.63) is 76.3 Å². The highest BCUT2D eigenvalue weighted by molar-refractivity contribution is 9.10. The molecule has 0 atom stereocenters. The highest BCUT2D eigenvalue weighted by Crippen LogP contribution is 2.25. The Morgan fingerprint density at radius 2 is 1.58 bits per heavy atom. The zero-order valence-corrected chi connectivity index (χ0v) is 12.9. The lowest BCUT2D eigenvalue weighted by Gasteiger charge is -2.09. The summed E-state index contributed by atoms with van der Waals surface area (Å²) < 4.78 is 1.12. The number of unbranched alkanes of at least 4 members (excludes halogenated alkanes) is 2. The third-order valence-corrected chi connectivity index (χ3v) is 3.67. The summed E-state index contributed by atoms with van der Waals surface area (Å²) in [5.41, 5.74) is 3.91. The molecule has 0 radical (unpaired) electrons. The SMILES string of the molecule is CCCC/C=C(/c1ccccc1)c1ccc(Br)cc1. The molecule has 0 nitrogen and oxygen atoms in total. The van der Waals surface area contributed by atoms with Gasteiger partial charge in [-0.2, -0.15) is 0 Å². The van der Waals surface area contributed by atoms with Crippen LogP contribution < -0.4 is 0 Å². The van der Waals surface area contributed by atoms with Crippen LogP contribution in [0.25, 0.3) is 5.57 Å². The van der Waals surface area contributed by atoms with Crippen LogP contribution >= 0.6 is 15.9 Å². The van der Waals surface area contributed by atoms with Gasteiger partial charge in [0, 0.05) is 4.47 Å². The van der Waals surface area contributed by atoms with E-state index >= 15 is 0 Å². The molecule has 0 aliphatic rings. The fraction of sp³-hybridized carbons (Fsp3) is 0.222. The molecule has 0 saturated carbocycles. The van der Waals surface area contributed by atoms with Crippen LogP contribution in [0.2, 0.25) is 0 Å². The zero-order valence-electron chi connectivity index (χ0n) is 11.3. The lowest BCUT2D eigenvalue weighted by atomic mass is 9.96. The summed E-state index contributed by atoms with van der Waals surface area (Å²) in [6.45, 7) is 2.23. The van der Waals surface area contributed by atoms with Gasteiger partial charge in [0.25, 0.3) is 0 Å². The first-order valence-electron chi connectivity index (χ1n) is 6.83. The van der Waals surface area contributed by atoms with Crippen LogP contribution in [0.1, 0.15) is 37.3 Å². The highest BCUT2D eigenvalue weighted by atomic mass is 79.9. The summed E-state index contributed by atoms with van der Waals surface area (Å²) in [6, 6.07) is 19.2. The first-order chi connectivity index (χ1) is 9.31. The second-order valence-corrected chi connectivity index (χ2v) is 5.55. The Kier molecular flexibility index (Phi) is 5.41. The van der Waals surface area contributed by atoms with Gasteiger partial charge >= 0.3 is 0 Å². The fourth-order valence-electron chi connectivity index (χ4n) is 2.10. The predicted molar refractivity (Wildman–Crippen MR) is 87.2 cm³/mol. The van der Waals surface area contributed by atoms with Crippen LogP contribution in [0.5, 0.6) is 0 Å². The van der Waals surface area contributed by atoms with Crippen molar-refractivity contribution in [1.82, 2.24) is 0 Å². The molecule has 98 valence electrons. The van der Waals surface area contributed by atoms with Gasteiger partial charge in [-0.3, -0.25) is 0 Å². The van der Waals surface area contributed by atoms with E-state index in [2.05, 4.69) is 83.5 Å². The Balaban J connectivity index is 2.34. The third-order valence-electron chi connectivity index (χ3n) is 3.15. The van der Waals surface area contributed by atoms with Gasteiger partial charge in [0.15, 0.2) is 0 Å². The summed E-state index contributed by atoms with van der Waals surface area (Å²) in [7, 11) is 0. The number of allylic oxidation sites excluding steroid dienone is 1. The molecule has 0 aliphatic carbocycles. The predicted octanol–water partition coefficient (Wildman–Crippen LogP) is 6.07. The smallest absolute Gasteiger partial charge is 0.0175 e. The Hall–Kier alpha value is -1.34. The van der Waals surface area contributed by atoms with Gasteiger partial charge in [0.05, 0.1) is 0 Å². The van der Waals surface area contributed by atoms with E-state index < -0.39 is 0 Å². The Morgan fingerprint density at radius 1 is 0.947 bits per heavy atom. The Morgan fingerprint density at radius 3 is 2.21 bits per heavy atom. The third kappa shape index (κ3) is 4.07. The molecule has 0 fully saturated rings. The molecule has 2 rings (SSSR count). The van der Waals surface area contributed by atoms with Gasteiger partial charge in [-0.25, -0.2) is 0 Å². The molecule has 0 unspecified atom stereocenters. The molecular formula is C18H19Br. The topological polar surface area (TPSA) is 0 Å². The molecular weight excluding hydrogens is 296 g/mol. The average Bonchev–Trinajstić information content (AvgIpc) is 2.46. The molecule has 2 aromatic carbocycles. The minimum absolute atomic E-state index is 1.12. The minimum atomic E-state index is 1.12. The lowest BCUT2D eigenvalue weighted by Crippen LogP contribution is -1.88. The molecule has 0 spiro atoms. The highest BCUT2D eigenvalue weighted by Gasteiger charge is 2.04. The molecule has 2 aromatic rings. The average molecular weight is 315 g/mol. The Bertz CT molecular complexity index is 523. The summed E-state index contributed by atoms with van der Waals surface area (Å²) in [5, 5.41) is 0. The van der Waals surface area contributed by atoms with Gasteiger partial charge in [-0.05, 0) is 35.3 Å².